The summed E-state index contributed by atoms with van der Waals surface area (Å²) in [7, 11) is 3.01. The number of hydrogen-bond acceptors (Lipinski definition) is 5. The number of aromatic nitrogens is 2. The van der Waals surface area contributed by atoms with Crippen molar-refractivity contribution in [2.45, 2.75) is 0 Å². The first-order valence-corrected chi connectivity index (χ1v) is 8.52. The summed E-state index contributed by atoms with van der Waals surface area (Å²) in [5.41, 5.74) is 0.490. The number of rotatable bonds is 5. The maximum Gasteiger partial charge on any atom is 0.325 e. The number of hydrogen-bond donors (Lipinski definition) is 2. The molecule has 0 bridgehead atoms. The molecular weight excluding hydrogens is 384 g/mol. The molecule has 2 aromatic carbocycles. The van der Waals surface area contributed by atoms with Gasteiger partial charge in [0.2, 0.25) is 5.82 Å². The molecule has 0 aliphatic heterocycles. The molecule has 144 valence electrons. The Morgan fingerprint density at radius 2 is 1.79 bits per heavy atom. The molecule has 3 rings (SSSR count). The SMILES string of the molecule is COc1cc(NC(=O)Nc2nccn(-c3cccc(Cl)c3)c2=O)cc(OC)c1. The smallest absolute Gasteiger partial charge is 0.325 e. The molecule has 0 aliphatic carbocycles. The number of benzene rings is 2. The second-order valence-corrected chi connectivity index (χ2v) is 6.05. The zero-order chi connectivity index (χ0) is 20.1. The number of carbonyl (C=O) groups excluding carboxylic acids is 1. The van der Waals surface area contributed by atoms with Crippen LogP contribution in [0.5, 0.6) is 11.5 Å². The van der Waals surface area contributed by atoms with E-state index >= 15 is 0 Å². The van der Waals surface area contributed by atoms with Crippen molar-refractivity contribution in [2.75, 3.05) is 24.9 Å². The molecular formula is C19H17ClN4O4. The Labute approximate surface area is 165 Å². The van der Waals surface area contributed by atoms with Gasteiger partial charge in [-0.1, -0.05) is 17.7 Å². The monoisotopic (exact) mass is 400 g/mol. The molecule has 1 aromatic heterocycles. The minimum Gasteiger partial charge on any atom is -0.497 e. The van der Waals surface area contributed by atoms with Crippen molar-refractivity contribution in [3.63, 3.8) is 0 Å². The molecule has 0 saturated heterocycles. The van der Waals surface area contributed by atoms with Crippen LogP contribution in [0, 0.1) is 0 Å². The van der Waals surface area contributed by atoms with Gasteiger partial charge in [-0.25, -0.2) is 9.78 Å². The fourth-order valence-electron chi connectivity index (χ4n) is 2.48. The fourth-order valence-corrected chi connectivity index (χ4v) is 2.66. The Morgan fingerprint density at radius 3 is 2.43 bits per heavy atom. The number of nitrogens with zero attached hydrogens (tertiary/aromatic N) is 2. The van der Waals surface area contributed by atoms with Crippen LogP contribution in [0.2, 0.25) is 5.02 Å². The van der Waals surface area contributed by atoms with Gasteiger partial charge < -0.3 is 14.8 Å². The maximum atomic E-state index is 12.6. The van der Waals surface area contributed by atoms with Crippen molar-refractivity contribution in [1.82, 2.24) is 9.55 Å². The van der Waals surface area contributed by atoms with Crippen molar-refractivity contribution < 1.29 is 14.3 Å². The molecule has 0 radical (unpaired) electrons. The van der Waals surface area contributed by atoms with E-state index in [1.165, 1.54) is 31.2 Å². The summed E-state index contributed by atoms with van der Waals surface area (Å²) in [5.74, 6) is 0.890. The van der Waals surface area contributed by atoms with Crippen LogP contribution < -0.4 is 25.7 Å². The van der Waals surface area contributed by atoms with Gasteiger partial charge in [0.25, 0.3) is 5.56 Å². The van der Waals surface area contributed by atoms with Gasteiger partial charge >= 0.3 is 6.03 Å². The lowest BCUT2D eigenvalue weighted by Gasteiger charge is -2.11. The first kappa shape index (κ1) is 19.2. The van der Waals surface area contributed by atoms with Gasteiger partial charge in [0.1, 0.15) is 11.5 Å². The minimum absolute atomic E-state index is 0.130. The number of carbonyl (C=O) groups is 1. The van der Waals surface area contributed by atoms with Crippen molar-refractivity contribution >= 4 is 29.1 Å². The minimum atomic E-state index is -0.635. The van der Waals surface area contributed by atoms with Crippen molar-refractivity contribution in [3.05, 3.63) is 70.2 Å². The van der Waals surface area contributed by atoms with Gasteiger partial charge in [-0.05, 0) is 18.2 Å². The molecule has 0 fully saturated rings. The molecule has 28 heavy (non-hydrogen) atoms. The highest BCUT2D eigenvalue weighted by molar-refractivity contribution is 6.30. The molecule has 8 nitrogen and oxygen atoms in total. The summed E-state index contributed by atoms with van der Waals surface area (Å²) < 4.78 is 11.7. The zero-order valence-corrected chi connectivity index (χ0v) is 15.9. The van der Waals surface area contributed by atoms with Crippen molar-refractivity contribution in [3.8, 4) is 17.2 Å². The highest BCUT2D eigenvalue weighted by Crippen LogP contribution is 2.25. The summed E-state index contributed by atoms with van der Waals surface area (Å²) in [4.78, 5) is 28.9. The molecule has 1 heterocycles. The van der Waals surface area contributed by atoms with Gasteiger partial charge in [-0.2, -0.15) is 0 Å². The molecule has 0 saturated carbocycles. The third-order valence-corrected chi connectivity index (χ3v) is 4.00. The lowest BCUT2D eigenvalue weighted by atomic mass is 10.3. The summed E-state index contributed by atoms with van der Waals surface area (Å²) >= 11 is 5.98. The fraction of sp³-hybridized carbons (Fsp3) is 0.105. The Hall–Kier alpha value is -3.52. The van der Waals surface area contributed by atoms with Crippen LogP contribution in [-0.2, 0) is 0 Å². The third-order valence-electron chi connectivity index (χ3n) is 3.77. The van der Waals surface area contributed by atoms with Crippen molar-refractivity contribution in [2.24, 2.45) is 0 Å². The van der Waals surface area contributed by atoms with Crippen LogP contribution in [0.1, 0.15) is 0 Å². The topological polar surface area (TPSA) is 94.5 Å². The Morgan fingerprint density at radius 1 is 1.07 bits per heavy atom. The molecule has 0 unspecified atom stereocenters. The van der Waals surface area contributed by atoms with E-state index < -0.39 is 11.6 Å². The number of nitrogens with one attached hydrogen (secondary N) is 2. The maximum absolute atomic E-state index is 12.6. The zero-order valence-electron chi connectivity index (χ0n) is 15.1. The van der Waals surface area contributed by atoms with Gasteiger partial charge in [0.05, 0.1) is 19.9 Å². The van der Waals surface area contributed by atoms with E-state index in [1.54, 1.807) is 42.5 Å². The summed E-state index contributed by atoms with van der Waals surface area (Å²) in [6.45, 7) is 0. The first-order chi connectivity index (χ1) is 13.5. The predicted molar refractivity (Wildman–Crippen MR) is 107 cm³/mol. The van der Waals surface area contributed by atoms with Crippen LogP contribution >= 0.6 is 11.6 Å². The van der Waals surface area contributed by atoms with Gasteiger partial charge in [0, 0.05) is 41.3 Å². The number of methoxy groups -OCH3 is 2. The quantitative estimate of drug-likeness (QED) is 0.683. The number of anilines is 2. The first-order valence-electron chi connectivity index (χ1n) is 8.15. The highest BCUT2D eigenvalue weighted by atomic mass is 35.5. The molecule has 0 aliphatic rings. The lowest BCUT2D eigenvalue weighted by molar-refractivity contribution is 0.262. The van der Waals surface area contributed by atoms with Crippen LogP contribution in [0.25, 0.3) is 5.69 Å². The number of urea groups is 1. The molecule has 9 heteroatoms. The molecule has 0 atom stereocenters. The number of halogens is 1. The van der Waals surface area contributed by atoms with E-state index in [2.05, 4.69) is 15.6 Å². The van der Waals surface area contributed by atoms with Gasteiger partial charge in [-0.15, -0.1) is 0 Å². The number of ether oxygens (including phenoxy) is 2. The van der Waals surface area contributed by atoms with E-state index in [4.69, 9.17) is 21.1 Å². The largest absolute Gasteiger partial charge is 0.497 e. The lowest BCUT2D eigenvalue weighted by Crippen LogP contribution is -2.28. The predicted octanol–water partition coefficient (Wildman–Crippen LogP) is 3.55. The standard InChI is InChI=1S/C19H17ClN4O4/c1-27-15-9-13(10-16(11-15)28-2)22-19(26)23-17-18(25)24(7-6-21-17)14-5-3-4-12(20)8-14/h3-11H,1-2H3,(H2,21,22,23,26). The average molecular weight is 401 g/mol. The summed E-state index contributed by atoms with van der Waals surface area (Å²) in [5, 5.41) is 5.55. The summed E-state index contributed by atoms with van der Waals surface area (Å²) in [6, 6.07) is 11.0. The van der Waals surface area contributed by atoms with Crippen LogP contribution in [0.3, 0.4) is 0 Å². The van der Waals surface area contributed by atoms with Gasteiger partial charge in [0.15, 0.2) is 0 Å². The Kier molecular flexibility index (Phi) is 5.81. The average Bonchev–Trinajstić information content (AvgIpc) is 2.69. The van der Waals surface area contributed by atoms with Crippen LogP contribution in [0.4, 0.5) is 16.3 Å². The van der Waals surface area contributed by atoms with E-state index in [9.17, 15) is 9.59 Å². The van der Waals surface area contributed by atoms with Crippen molar-refractivity contribution in [1.29, 1.82) is 0 Å². The van der Waals surface area contributed by atoms with E-state index in [1.807, 2.05) is 0 Å². The molecule has 2 N–H and O–H groups in total. The van der Waals surface area contributed by atoms with Crippen LogP contribution in [-0.4, -0.2) is 29.8 Å². The van der Waals surface area contributed by atoms with E-state index in [0.29, 0.717) is 27.9 Å². The number of amides is 2. The molecule has 2 amide bonds. The van der Waals surface area contributed by atoms with E-state index in [0.717, 1.165) is 0 Å². The summed E-state index contributed by atoms with van der Waals surface area (Å²) in [6.07, 6.45) is 2.90. The second kappa shape index (κ2) is 8.45. The van der Waals surface area contributed by atoms with Crippen LogP contribution in [0.15, 0.2) is 59.7 Å². The third kappa shape index (κ3) is 4.41. The highest BCUT2D eigenvalue weighted by Gasteiger charge is 2.11. The van der Waals surface area contributed by atoms with Gasteiger partial charge in [-0.3, -0.25) is 14.7 Å². The Bertz CT molecular complexity index is 1050. The normalized spacial score (nSPS) is 10.2. The molecule has 0 spiro atoms. The molecule has 3 aromatic rings. The Balaban J connectivity index is 1.82. The van der Waals surface area contributed by atoms with E-state index in [-0.39, 0.29) is 5.82 Å². The second-order valence-electron chi connectivity index (χ2n) is 5.61.